The van der Waals surface area contributed by atoms with Crippen LogP contribution in [0.4, 0.5) is 0 Å². The van der Waals surface area contributed by atoms with E-state index in [1.54, 1.807) is 0 Å². The van der Waals surface area contributed by atoms with Crippen molar-refractivity contribution in [1.29, 1.82) is 0 Å². The summed E-state index contributed by atoms with van der Waals surface area (Å²) in [5.74, 6) is 0. The number of benzene rings is 1. The Balaban J connectivity index is 2.84. The van der Waals surface area contributed by atoms with E-state index in [-0.39, 0.29) is 5.54 Å². The molecule has 0 saturated heterocycles. The third kappa shape index (κ3) is 1.87. The fourth-order valence-corrected chi connectivity index (χ4v) is 2.71. The lowest BCUT2D eigenvalue weighted by Crippen LogP contribution is -2.33. The number of H-pyrrole nitrogens is 1. The Kier molecular flexibility index (Phi) is 2.78. The topological polar surface area (TPSA) is 27.8 Å². The second-order valence-corrected chi connectivity index (χ2v) is 5.50. The molecule has 0 fully saturated rings. The summed E-state index contributed by atoms with van der Waals surface area (Å²) in [7, 11) is 2.01. The highest BCUT2D eigenvalue weighted by Gasteiger charge is 2.24. The molecule has 0 spiro atoms. The quantitative estimate of drug-likeness (QED) is 0.811. The van der Waals surface area contributed by atoms with E-state index < -0.39 is 0 Å². The first-order chi connectivity index (χ1) is 7.86. The van der Waals surface area contributed by atoms with Gasteiger partial charge in [-0.2, -0.15) is 0 Å². The van der Waals surface area contributed by atoms with E-state index in [0.29, 0.717) is 0 Å². The molecule has 0 amide bonds. The van der Waals surface area contributed by atoms with Crippen LogP contribution >= 0.6 is 0 Å². The van der Waals surface area contributed by atoms with E-state index in [1.807, 2.05) is 7.05 Å². The first-order valence-electron chi connectivity index (χ1n) is 6.15. The fourth-order valence-electron chi connectivity index (χ4n) is 2.71. The summed E-state index contributed by atoms with van der Waals surface area (Å²) < 4.78 is 0. The summed E-state index contributed by atoms with van der Waals surface area (Å²) in [5, 5.41) is 4.74. The molecule has 1 aromatic heterocycles. The minimum absolute atomic E-state index is 0.0113. The van der Waals surface area contributed by atoms with E-state index in [4.69, 9.17) is 0 Å². The van der Waals surface area contributed by atoms with Crippen molar-refractivity contribution >= 4 is 10.9 Å². The summed E-state index contributed by atoms with van der Waals surface area (Å²) in [4.78, 5) is 3.52. The second-order valence-electron chi connectivity index (χ2n) is 5.50. The van der Waals surface area contributed by atoms with Gasteiger partial charge in [-0.15, -0.1) is 0 Å². The molecule has 92 valence electrons. The van der Waals surface area contributed by atoms with Crippen LogP contribution in [0.1, 0.15) is 36.2 Å². The SMILES string of the molecule is CNC(C)(C)c1c(C)[nH]c2c(C)cc(C)cc12. The number of rotatable bonds is 2. The molecule has 0 radical (unpaired) electrons. The maximum atomic E-state index is 3.52. The Labute approximate surface area is 103 Å². The van der Waals surface area contributed by atoms with Gasteiger partial charge in [-0.05, 0) is 58.9 Å². The molecule has 2 rings (SSSR count). The molecule has 0 aliphatic carbocycles. The number of fused-ring (bicyclic) bond motifs is 1. The highest BCUT2D eigenvalue weighted by molar-refractivity contribution is 5.88. The molecular weight excluding hydrogens is 208 g/mol. The lowest BCUT2D eigenvalue weighted by Gasteiger charge is -2.25. The van der Waals surface area contributed by atoms with E-state index in [2.05, 4.69) is 57.1 Å². The highest BCUT2D eigenvalue weighted by Crippen LogP contribution is 2.33. The Bertz CT molecular complexity index is 562. The molecule has 0 aliphatic heterocycles. The number of aromatic nitrogens is 1. The number of hydrogen-bond donors (Lipinski definition) is 2. The van der Waals surface area contributed by atoms with Crippen LogP contribution < -0.4 is 5.32 Å². The van der Waals surface area contributed by atoms with Crippen molar-refractivity contribution in [3.63, 3.8) is 0 Å². The van der Waals surface area contributed by atoms with Crippen LogP contribution in [0.25, 0.3) is 10.9 Å². The van der Waals surface area contributed by atoms with Gasteiger partial charge in [0.2, 0.25) is 0 Å². The molecule has 2 N–H and O–H groups in total. The molecule has 0 bridgehead atoms. The van der Waals surface area contributed by atoms with Crippen LogP contribution in [0.5, 0.6) is 0 Å². The van der Waals surface area contributed by atoms with Gasteiger partial charge in [0.1, 0.15) is 0 Å². The Morgan fingerprint density at radius 2 is 1.76 bits per heavy atom. The molecule has 0 saturated carbocycles. The lowest BCUT2D eigenvalue weighted by molar-refractivity contribution is 0.446. The van der Waals surface area contributed by atoms with E-state index in [9.17, 15) is 0 Å². The zero-order valence-corrected chi connectivity index (χ0v) is 11.7. The van der Waals surface area contributed by atoms with Crippen molar-refractivity contribution < 1.29 is 0 Å². The standard InChI is InChI=1S/C15H22N2/c1-9-7-10(2)14-12(8-9)13(11(3)17-14)15(4,5)16-6/h7-8,16-17H,1-6H3. The van der Waals surface area contributed by atoms with Gasteiger partial charge in [-0.3, -0.25) is 0 Å². The van der Waals surface area contributed by atoms with Crippen LogP contribution in [0, 0.1) is 20.8 Å². The predicted octanol–water partition coefficient (Wildman–Crippen LogP) is 3.55. The smallest absolute Gasteiger partial charge is 0.0489 e. The summed E-state index contributed by atoms with van der Waals surface area (Å²) in [5.41, 5.74) is 6.53. The van der Waals surface area contributed by atoms with Gasteiger partial charge in [0.15, 0.2) is 0 Å². The van der Waals surface area contributed by atoms with Crippen LogP contribution in [0.15, 0.2) is 12.1 Å². The Hall–Kier alpha value is -1.28. The van der Waals surface area contributed by atoms with Crippen LogP contribution in [0.2, 0.25) is 0 Å². The summed E-state index contributed by atoms with van der Waals surface area (Å²) in [6.45, 7) is 10.9. The van der Waals surface area contributed by atoms with E-state index in [1.165, 1.54) is 33.3 Å². The number of hydrogen-bond acceptors (Lipinski definition) is 1. The normalized spacial score (nSPS) is 12.4. The monoisotopic (exact) mass is 230 g/mol. The number of aromatic amines is 1. The van der Waals surface area contributed by atoms with E-state index >= 15 is 0 Å². The molecule has 0 aliphatic rings. The van der Waals surface area contributed by atoms with Crippen molar-refractivity contribution in [2.24, 2.45) is 0 Å². The Morgan fingerprint density at radius 3 is 2.35 bits per heavy atom. The molecule has 0 unspecified atom stereocenters. The third-order valence-electron chi connectivity index (χ3n) is 3.69. The molecule has 1 heterocycles. The fraction of sp³-hybridized carbons (Fsp3) is 0.467. The van der Waals surface area contributed by atoms with Gasteiger partial charge in [-0.25, -0.2) is 0 Å². The molecular formula is C15H22N2. The average molecular weight is 230 g/mol. The van der Waals surface area contributed by atoms with Gasteiger partial charge in [0, 0.05) is 22.1 Å². The zero-order chi connectivity index (χ0) is 12.8. The zero-order valence-electron chi connectivity index (χ0n) is 11.7. The molecule has 1 aromatic carbocycles. The van der Waals surface area contributed by atoms with Crippen molar-refractivity contribution in [3.05, 3.63) is 34.5 Å². The summed E-state index contributed by atoms with van der Waals surface area (Å²) >= 11 is 0. The third-order valence-corrected chi connectivity index (χ3v) is 3.69. The van der Waals surface area contributed by atoms with Gasteiger partial charge in [-0.1, -0.05) is 11.6 Å². The lowest BCUT2D eigenvalue weighted by atomic mass is 9.91. The summed E-state index contributed by atoms with van der Waals surface area (Å²) in [6.07, 6.45) is 0. The minimum atomic E-state index is -0.0113. The minimum Gasteiger partial charge on any atom is -0.358 e. The predicted molar refractivity (Wildman–Crippen MR) is 74.6 cm³/mol. The number of aryl methyl sites for hydroxylation is 3. The van der Waals surface area contributed by atoms with Crippen molar-refractivity contribution in [2.45, 2.75) is 40.2 Å². The molecule has 0 atom stereocenters. The molecule has 2 aromatic rings. The van der Waals surface area contributed by atoms with Crippen molar-refractivity contribution in [3.8, 4) is 0 Å². The molecule has 2 nitrogen and oxygen atoms in total. The largest absolute Gasteiger partial charge is 0.358 e. The first-order valence-corrected chi connectivity index (χ1v) is 6.15. The molecule has 17 heavy (non-hydrogen) atoms. The first kappa shape index (κ1) is 12.2. The average Bonchev–Trinajstić information content (AvgIpc) is 2.55. The highest BCUT2D eigenvalue weighted by atomic mass is 14.9. The molecule has 2 heteroatoms. The van der Waals surface area contributed by atoms with Gasteiger partial charge in [0.05, 0.1) is 0 Å². The number of nitrogens with one attached hydrogen (secondary N) is 2. The van der Waals surface area contributed by atoms with E-state index in [0.717, 1.165) is 0 Å². The van der Waals surface area contributed by atoms with Gasteiger partial charge in [0.25, 0.3) is 0 Å². The second kappa shape index (κ2) is 3.88. The van der Waals surface area contributed by atoms with Gasteiger partial charge >= 0.3 is 0 Å². The van der Waals surface area contributed by atoms with Crippen molar-refractivity contribution in [2.75, 3.05) is 7.05 Å². The maximum Gasteiger partial charge on any atom is 0.0489 e. The van der Waals surface area contributed by atoms with Gasteiger partial charge < -0.3 is 10.3 Å². The Morgan fingerprint density at radius 1 is 1.12 bits per heavy atom. The van der Waals surface area contributed by atoms with Crippen LogP contribution in [0.3, 0.4) is 0 Å². The van der Waals surface area contributed by atoms with Crippen LogP contribution in [-0.2, 0) is 5.54 Å². The van der Waals surface area contributed by atoms with Crippen LogP contribution in [-0.4, -0.2) is 12.0 Å². The van der Waals surface area contributed by atoms with Crippen molar-refractivity contribution in [1.82, 2.24) is 10.3 Å². The summed E-state index contributed by atoms with van der Waals surface area (Å²) in [6, 6.07) is 4.51. The maximum absolute atomic E-state index is 3.52.